The van der Waals surface area contributed by atoms with Crippen LogP contribution in [0.5, 0.6) is 0 Å². The van der Waals surface area contributed by atoms with Crippen LogP contribution in [0, 0.1) is 5.82 Å². The van der Waals surface area contributed by atoms with Gasteiger partial charge in [-0.25, -0.2) is 4.39 Å². The van der Waals surface area contributed by atoms with E-state index >= 15 is 0 Å². The number of aromatic nitrogens is 1. The van der Waals surface area contributed by atoms with E-state index in [0.717, 1.165) is 23.8 Å². The Bertz CT molecular complexity index is 734. The zero-order valence-corrected chi connectivity index (χ0v) is 15.1. The van der Waals surface area contributed by atoms with Crippen molar-refractivity contribution in [2.75, 3.05) is 6.54 Å². The Morgan fingerprint density at radius 1 is 1.04 bits per heavy atom. The van der Waals surface area contributed by atoms with Crippen LogP contribution in [-0.2, 0) is 6.54 Å². The largest absolute Gasteiger partial charge is 0.360 e. The van der Waals surface area contributed by atoms with Gasteiger partial charge in [0.25, 0.3) is 0 Å². The molecule has 3 nitrogen and oxygen atoms in total. The molecule has 1 N–H and O–H groups in total. The summed E-state index contributed by atoms with van der Waals surface area (Å²) in [6, 6.07) is 11.6. The van der Waals surface area contributed by atoms with Crippen LogP contribution in [0.3, 0.4) is 0 Å². The minimum Gasteiger partial charge on any atom is -0.360 e. The van der Waals surface area contributed by atoms with E-state index in [0.29, 0.717) is 6.04 Å². The second-order valence-electron chi connectivity index (χ2n) is 7.06. The highest BCUT2D eigenvalue weighted by Gasteiger charge is 2.31. The van der Waals surface area contributed by atoms with Gasteiger partial charge in [0.2, 0.25) is 0 Å². The molecule has 2 heterocycles. The fraction of sp³-hybridized carbons (Fsp3) is 0.450. The second kappa shape index (κ2) is 7.16. The number of nitrogens with one attached hydrogen (secondary N) is 1. The molecule has 132 valence electrons. The second-order valence-corrected chi connectivity index (χ2v) is 7.45. The zero-order valence-electron chi connectivity index (χ0n) is 14.3. The monoisotopic (exact) mass is 357 g/mol. The van der Waals surface area contributed by atoms with E-state index in [2.05, 4.69) is 33.1 Å². The first kappa shape index (κ1) is 16.6. The summed E-state index contributed by atoms with van der Waals surface area (Å²) in [7, 11) is 0. The van der Waals surface area contributed by atoms with Gasteiger partial charge in [0.1, 0.15) is 5.82 Å². The molecule has 1 saturated carbocycles. The van der Waals surface area contributed by atoms with Crippen LogP contribution in [0.15, 0.2) is 42.6 Å². The number of halogens is 1. The molecule has 1 aliphatic carbocycles. The molecule has 25 heavy (non-hydrogen) atoms. The lowest BCUT2D eigenvalue weighted by Gasteiger charge is -2.40. The van der Waals surface area contributed by atoms with Gasteiger partial charge in [0.05, 0.1) is 6.04 Å². The zero-order chi connectivity index (χ0) is 17.2. The van der Waals surface area contributed by atoms with Crippen molar-refractivity contribution in [2.45, 2.75) is 50.7 Å². The summed E-state index contributed by atoms with van der Waals surface area (Å²) < 4.78 is 15.7. The highest BCUT2D eigenvalue weighted by atomic mass is 32.1. The SMILES string of the molecule is Fc1ccc([C@H]2c3cccn3CCN2C(=S)NC2CCCCC2)cc1. The summed E-state index contributed by atoms with van der Waals surface area (Å²) in [5, 5.41) is 4.42. The molecular formula is C20H24FN3S. The molecule has 1 aliphatic heterocycles. The third-order valence-electron chi connectivity index (χ3n) is 5.42. The van der Waals surface area contributed by atoms with Crippen LogP contribution in [0.4, 0.5) is 4.39 Å². The third-order valence-corrected chi connectivity index (χ3v) is 5.77. The lowest BCUT2D eigenvalue weighted by atomic mass is 9.95. The molecule has 4 rings (SSSR count). The van der Waals surface area contributed by atoms with Crippen LogP contribution in [0.2, 0.25) is 0 Å². The Balaban J connectivity index is 1.61. The smallest absolute Gasteiger partial charge is 0.170 e. The van der Waals surface area contributed by atoms with Crippen molar-refractivity contribution in [1.29, 1.82) is 0 Å². The molecule has 1 atom stereocenters. The predicted octanol–water partition coefficient (Wildman–Crippen LogP) is 4.24. The van der Waals surface area contributed by atoms with Gasteiger partial charge in [-0.05, 0) is 54.9 Å². The maximum atomic E-state index is 13.4. The van der Waals surface area contributed by atoms with Crippen LogP contribution >= 0.6 is 12.2 Å². The summed E-state index contributed by atoms with van der Waals surface area (Å²) in [4.78, 5) is 2.27. The number of rotatable bonds is 2. The minimum absolute atomic E-state index is 0.0351. The van der Waals surface area contributed by atoms with Crippen molar-refractivity contribution in [2.24, 2.45) is 0 Å². The Morgan fingerprint density at radius 2 is 1.80 bits per heavy atom. The highest BCUT2D eigenvalue weighted by molar-refractivity contribution is 7.80. The number of nitrogens with zero attached hydrogens (tertiary/aromatic N) is 2. The quantitative estimate of drug-likeness (QED) is 0.812. The average molecular weight is 357 g/mol. The van der Waals surface area contributed by atoms with Crippen LogP contribution in [-0.4, -0.2) is 27.2 Å². The van der Waals surface area contributed by atoms with E-state index in [-0.39, 0.29) is 11.9 Å². The van der Waals surface area contributed by atoms with Crippen molar-refractivity contribution in [3.8, 4) is 0 Å². The first-order chi connectivity index (χ1) is 12.2. The number of hydrogen-bond donors (Lipinski definition) is 1. The van der Waals surface area contributed by atoms with E-state index in [1.165, 1.54) is 49.9 Å². The summed E-state index contributed by atoms with van der Waals surface area (Å²) in [5.74, 6) is -0.204. The lowest BCUT2D eigenvalue weighted by molar-refractivity contribution is 0.278. The standard InChI is InChI=1S/C20H24FN3S/c21-16-10-8-15(9-11-16)19-18-7-4-12-23(18)13-14-24(19)20(25)22-17-5-2-1-3-6-17/h4,7-12,17,19H,1-3,5-6,13-14H2,(H,22,25)/t19-/m0/s1. The van der Waals surface area contributed by atoms with Gasteiger partial charge in [-0.3, -0.25) is 0 Å². The Morgan fingerprint density at radius 3 is 2.56 bits per heavy atom. The fourth-order valence-corrected chi connectivity index (χ4v) is 4.47. The van der Waals surface area contributed by atoms with E-state index in [9.17, 15) is 4.39 Å². The van der Waals surface area contributed by atoms with Crippen molar-refractivity contribution in [3.63, 3.8) is 0 Å². The number of thiocarbonyl (C=S) groups is 1. The average Bonchev–Trinajstić information content (AvgIpc) is 3.11. The summed E-state index contributed by atoms with van der Waals surface area (Å²) in [6.07, 6.45) is 8.41. The van der Waals surface area contributed by atoms with E-state index in [1.807, 2.05) is 12.1 Å². The van der Waals surface area contributed by atoms with Gasteiger partial charge in [0, 0.05) is 31.0 Å². The predicted molar refractivity (Wildman–Crippen MR) is 102 cm³/mol. The van der Waals surface area contributed by atoms with Crippen molar-refractivity contribution < 1.29 is 4.39 Å². The molecule has 1 aromatic carbocycles. The Labute approximate surface area is 153 Å². The molecule has 2 aliphatic rings. The van der Waals surface area contributed by atoms with Crippen molar-refractivity contribution in [3.05, 3.63) is 59.7 Å². The molecule has 1 aromatic heterocycles. The topological polar surface area (TPSA) is 20.2 Å². The van der Waals surface area contributed by atoms with E-state index in [1.54, 1.807) is 0 Å². The van der Waals surface area contributed by atoms with Crippen LogP contribution in [0.25, 0.3) is 0 Å². The van der Waals surface area contributed by atoms with Gasteiger partial charge < -0.3 is 14.8 Å². The normalized spacial score (nSPS) is 21.0. The summed E-state index contributed by atoms with van der Waals surface area (Å²) in [6.45, 7) is 1.79. The van der Waals surface area contributed by atoms with Gasteiger partial charge in [-0.15, -0.1) is 0 Å². The molecule has 0 bridgehead atoms. The first-order valence-corrected chi connectivity index (χ1v) is 9.61. The maximum absolute atomic E-state index is 13.4. The molecule has 0 spiro atoms. The molecular weight excluding hydrogens is 333 g/mol. The molecule has 0 radical (unpaired) electrons. The number of hydrogen-bond acceptors (Lipinski definition) is 1. The van der Waals surface area contributed by atoms with Gasteiger partial charge in [-0.1, -0.05) is 31.4 Å². The van der Waals surface area contributed by atoms with E-state index in [4.69, 9.17) is 12.2 Å². The Hall–Kier alpha value is -1.88. The van der Waals surface area contributed by atoms with Crippen molar-refractivity contribution >= 4 is 17.3 Å². The lowest BCUT2D eigenvalue weighted by Crippen LogP contribution is -2.50. The van der Waals surface area contributed by atoms with Gasteiger partial charge >= 0.3 is 0 Å². The van der Waals surface area contributed by atoms with Crippen molar-refractivity contribution in [1.82, 2.24) is 14.8 Å². The third kappa shape index (κ3) is 3.43. The maximum Gasteiger partial charge on any atom is 0.170 e. The summed E-state index contributed by atoms with van der Waals surface area (Å²) >= 11 is 5.79. The highest BCUT2D eigenvalue weighted by Crippen LogP contribution is 2.33. The molecule has 2 aromatic rings. The minimum atomic E-state index is -0.204. The van der Waals surface area contributed by atoms with Gasteiger partial charge in [0.15, 0.2) is 5.11 Å². The first-order valence-electron chi connectivity index (χ1n) is 9.20. The molecule has 1 fully saturated rings. The van der Waals surface area contributed by atoms with Gasteiger partial charge in [-0.2, -0.15) is 0 Å². The van der Waals surface area contributed by atoms with Crippen LogP contribution in [0.1, 0.15) is 49.4 Å². The molecule has 0 saturated heterocycles. The fourth-order valence-electron chi connectivity index (χ4n) is 4.10. The number of benzene rings is 1. The Kier molecular flexibility index (Phi) is 4.75. The summed E-state index contributed by atoms with van der Waals surface area (Å²) in [5.41, 5.74) is 2.29. The molecule has 0 unspecified atom stereocenters. The van der Waals surface area contributed by atoms with E-state index < -0.39 is 0 Å². The number of fused-ring (bicyclic) bond motifs is 1. The van der Waals surface area contributed by atoms with Crippen LogP contribution < -0.4 is 5.32 Å². The molecule has 5 heteroatoms. The molecule has 0 amide bonds.